The van der Waals surface area contributed by atoms with Crippen LogP contribution in [0.2, 0.25) is 0 Å². The molecule has 0 saturated heterocycles. The zero-order chi connectivity index (χ0) is 13.8. The third kappa shape index (κ3) is 2.66. The van der Waals surface area contributed by atoms with Crippen LogP contribution in [0.25, 0.3) is 0 Å². The Labute approximate surface area is 111 Å². The molecule has 0 aliphatic heterocycles. The van der Waals surface area contributed by atoms with Gasteiger partial charge in [0.1, 0.15) is 17.6 Å². The van der Waals surface area contributed by atoms with Crippen LogP contribution in [0.1, 0.15) is 5.56 Å². The lowest BCUT2D eigenvalue weighted by atomic mass is 10.1. The number of nitriles is 1. The van der Waals surface area contributed by atoms with Gasteiger partial charge in [-0.25, -0.2) is 4.39 Å². The molecule has 0 heterocycles. The average molecular weight is 256 g/mol. The molecule has 0 atom stereocenters. The van der Waals surface area contributed by atoms with Crippen LogP contribution in [0, 0.1) is 17.1 Å². The molecule has 3 nitrogen and oxygen atoms in total. The Morgan fingerprint density at radius 1 is 1.16 bits per heavy atom. The highest BCUT2D eigenvalue weighted by Crippen LogP contribution is 2.28. The lowest BCUT2D eigenvalue weighted by Crippen LogP contribution is -2.11. The van der Waals surface area contributed by atoms with E-state index in [0.29, 0.717) is 11.3 Å². The first-order valence-corrected chi connectivity index (χ1v) is 5.73. The first-order chi connectivity index (χ1) is 9.15. The van der Waals surface area contributed by atoms with Crippen molar-refractivity contribution in [3.8, 4) is 11.8 Å². The molecular weight excluding hydrogens is 243 g/mol. The van der Waals surface area contributed by atoms with Crippen LogP contribution in [-0.4, -0.2) is 14.2 Å². The highest BCUT2D eigenvalue weighted by atomic mass is 19.1. The fourth-order valence-corrected chi connectivity index (χ4v) is 1.84. The van der Waals surface area contributed by atoms with E-state index in [0.717, 1.165) is 11.4 Å². The third-order valence-corrected chi connectivity index (χ3v) is 2.90. The lowest BCUT2D eigenvalue weighted by Gasteiger charge is -2.20. The summed E-state index contributed by atoms with van der Waals surface area (Å²) >= 11 is 0. The van der Waals surface area contributed by atoms with E-state index < -0.39 is 5.82 Å². The topological polar surface area (TPSA) is 36.3 Å². The van der Waals surface area contributed by atoms with Crippen LogP contribution in [-0.2, 0) is 0 Å². The number of anilines is 2. The minimum atomic E-state index is -0.413. The summed E-state index contributed by atoms with van der Waals surface area (Å²) in [5.74, 6) is 0.347. The third-order valence-electron chi connectivity index (χ3n) is 2.90. The van der Waals surface area contributed by atoms with Crippen LogP contribution < -0.4 is 9.64 Å². The second-order valence-corrected chi connectivity index (χ2v) is 4.03. The second kappa shape index (κ2) is 5.40. The van der Waals surface area contributed by atoms with Crippen molar-refractivity contribution in [1.29, 1.82) is 5.26 Å². The largest absolute Gasteiger partial charge is 0.497 e. The molecule has 96 valence electrons. The Hall–Kier alpha value is -2.54. The van der Waals surface area contributed by atoms with E-state index in [1.807, 2.05) is 42.3 Å². The maximum absolute atomic E-state index is 13.1. The van der Waals surface area contributed by atoms with E-state index in [4.69, 9.17) is 10.00 Å². The summed E-state index contributed by atoms with van der Waals surface area (Å²) in [6, 6.07) is 13.6. The van der Waals surface area contributed by atoms with Gasteiger partial charge in [-0.2, -0.15) is 5.26 Å². The Kier molecular flexibility index (Phi) is 3.67. The molecule has 0 bridgehead atoms. The molecule has 0 aliphatic carbocycles. The zero-order valence-electron chi connectivity index (χ0n) is 10.7. The highest BCUT2D eigenvalue weighted by Gasteiger charge is 2.10. The number of ether oxygens (including phenoxy) is 1. The quantitative estimate of drug-likeness (QED) is 0.843. The summed E-state index contributed by atoms with van der Waals surface area (Å²) in [5, 5.41) is 9.06. The van der Waals surface area contributed by atoms with E-state index >= 15 is 0 Å². The molecular formula is C15H13FN2O. The molecule has 19 heavy (non-hydrogen) atoms. The maximum atomic E-state index is 13.1. The SMILES string of the molecule is COc1ccc(N(C)c2ccc(F)cc2C#N)cc1. The van der Waals surface area contributed by atoms with Crippen molar-refractivity contribution in [3.63, 3.8) is 0 Å². The fraction of sp³-hybridized carbons (Fsp3) is 0.133. The Morgan fingerprint density at radius 2 is 1.84 bits per heavy atom. The summed E-state index contributed by atoms with van der Waals surface area (Å²) in [5.41, 5.74) is 1.86. The van der Waals surface area contributed by atoms with E-state index in [9.17, 15) is 4.39 Å². The molecule has 0 aliphatic rings. The molecule has 0 radical (unpaired) electrons. The van der Waals surface area contributed by atoms with Crippen molar-refractivity contribution in [2.24, 2.45) is 0 Å². The normalized spacial score (nSPS) is 9.79. The lowest BCUT2D eigenvalue weighted by molar-refractivity contribution is 0.415. The van der Waals surface area contributed by atoms with Gasteiger partial charge in [0.15, 0.2) is 0 Å². The molecule has 0 unspecified atom stereocenters. The van der Waals surface area contributed by atoms with E-state index in [2.05, 4.69) is 0 Å². The molecule has 0 saturated carbocycles. The van der Waals surface area contributed by atoms with Crippen LogP contribution in [0.4, 0.5) is 15.8 Å². The van der Waals surface area contributed by atoms with Gasteiger partial charge in [-0.15, -0.1) is 0 Å². The van der Waals surface area contributed by atoms with Gasteiger partial charge in [0.25, 0.3) is 0 Å². The number of halogens is 1. The molecule has 4 heteroatoms. The van der Waals surface area contributed by atoms with E-state index in [1.165, 1.54) is 12.1 Å². The highest BCUT2D eigenvalue weighted by molar-refractivity contribution is 5.69. The van der Waals surface area contributed by atoms with Crippen LogP contribution >= 0.6 is 0 Å². The minimum absolute atomic E-state index is 0.304. The molecule has 2 rings (SSSR count). The van der Waals surface area contributed by atoms with Crippen LogP contribution in [0.5, 0.6) is 5.75 Å². The standard InChI is InChI=1S/C15H13FN2O/c1-18(13-4-6-14(19-2)7-5-13)15-8-3-12(16)9-11(15)10-17/h3-9H,1-2H3. The summed E-state index contributed by atoms with van der Waals surface area (Å²) in [4.78, 5) is 1.83. The van der Waals surface area contributed by atoms with Gasteiger partial charge in [-0.05, 0) is 42.5 Å². The van der Waals surface area contributed by atoms with Gasteiger partial charge in [-0.1, -0.05) is 0 Å². The Balaban J connectivity index is 2.38. The number of methoxy groups -OCH3 is 1. The van der Waals surface area contributed by atoms with Gasteiger partial charge in [0.2, 0.25) is 0 Å². The van der Waals surface area contributed by atoms with Crippen molar-refractivity contribution >= 4 is 11.4 Å². The molecule has 2 aromatic carbocycles. The van der Waals surface area contributed by atoms with Crippen LogP contribution in [0.3, 0.4) is 0 Å². The van der Waals surface area contributed by atoms with Crippen molar-refractivity contribution in [2.75, 3.05) is 19.1 Å². The molecule has 0 aromatic heterocycles. The number of hydrogen-bond acceptors (Lipinski definition) is 3. The number of rotatable bonds is 3. The Bertz CT molecular complexity index is 617. The molecule has 2 aromatic rings. The monoisotopic (exact) mass is 256 g/mol. The predicted molar refractivity (Wildman–Crippen MR) is 72.2 cm³/mol. The molecule has 0 N–H and O–H groups in total. The van der Waals surface area contributed by atoms with Gasteiger partial charge < -0.3 is 9.64 Å². The molecule has 0 spiro atoms. The van der Waals surface area contributed by atoms with Gasteiger partial charge in [-0.3, -0.25) is 0 Å². The average Bonchev–Trinajstić information content (AvgIpc) is 2.46. The fourth-order valence-electron chi connectivity index (χ4n) is 1.84. The summed E-state index contributed by atoms with van der Waals surface area (Å²) in [7, 11) is 3.43. The van der Waals surface area contributed by atoms with Crippen LogP contribution in [0.15, 0.2) is 42.5 Å². The first-order valence-electron chi connectivity index (χ1n) is 5.73. The summed E-state index contributed by atoms with van der Waals surface area (Å²) < 4.78 is 18.2. The number of benzene rings is 2. The van der Waals surface area contributed by atoms with Crippen molar-refractivity contribution in [3.05, 3.63) is 53.8 Å². The predicted octanol–water partition coefficient (Wildman–Crippen LogP) is 3.47. The maximum Gasteiger partial charge on any atom is 0.124 e. The summed E-state index contributed by atoms with van der Waals surface area (Å²) in [6.07, 6.45) is 0. The first kappa shape index (κ1) is 12.9. The van der Waals surface area contributed by atoms with Crippen molar-refractivity contribution in [2.45, 2.75) is 0 Å². The number of nitrogens with zero attached hydrogens (tertiary/aromatic N) is 2. The summed E-state index contributed by atoms with van der Waals surface area (Å²) in [6.45, 7) is 0. The minimum Gasteiger partial charge on any atom is -0.497 e. The second-order valence-electron chi connectivity index (χ2n) is 4.03. The zero-order valence-corrected chi connectivity index (χ0v) is 10.7. The van der Waals surface area contributed by atoms with Crippen molar-refractivity contribution < 1.29 is 9.13 Å². The number of hydrogen-bond donors (Lipinski definition) is 0. The molecule has 0 amide bonds. The van der Waals surface area contributed by atoms with Gasteiger partial charge in [0, 0.05) is 12.7 Å². The van der Waals surface area contributed by atoms with E-state index in [1.54, 1.807) is 13.2 Å². The van der Waals surface area contributed by atoms with Gasteiger partial charge >= 0.3 is 0 Å². The molecule has 0 fully saturated rings. The van der Waals surface area contributed by atoms with E-state index in [-0.39, 0.29) is 0 Å². The Morgan fingerprint density at radius 3 is 2.42 bits per heavy atom. The van der Waals surface area contributed by atoms with Gasteiger partial charge in [0.05, 0.1) is 18.4 Å². The van der Waals surface area contributed by atoms with Crippen molar-refractivity contribution in [1.82, 2.24) is 0 Å². The smallest absolute Gasteiger partial charge is 0.124 e.